The molecule has 0 fully saturated rings. The number of nitrogens with one attached hydrogen (secondary N) is 6. The minimum atomic E-state index is -1.52. The standard InChI is InChI=1S/C40H57N7O11S3/c1-22(2)17-30(40(57)58)45-39(56)32(21-60)47-37(54)29(19-24-9-11-25(48)12-10-24)44-38(55)31(20-59)46-35(52)27(13-14-33(49)50)42-36(53)28(18-23-7-5-4-6-8-23)43-34(51)26(41)15-16-61-3/h4-12,22,26-32,48,59-60H,13-21,41H2,1-3H3,(H,42,53)(H,43,51)(H,44,55)(H,45,56)(H,46,52)(H,47,54)(H,49,50)(H,57,58)/t26-,27-,28-,29-,30-,31-,32-/m0/s1. The summed E-state index contributed by atoms with van der Waals surface area (Å²) in [6.07, 6.45) is 1.15. The lowest BCUT2D eigenvalue weighted by atomic mass is 10.0. The molecule has 18 nitrogen and oxygen atoms in total. The number of thiol groups is 2. The molecular weight excluding hydrogens is 851 g/mol. The van der Waals surface area contributed by atoms with Crippen molar-refractivity contribution in [2.75, 3.05) is 23.5 Å². The highest BCUT2D eigenvalue weighted by Gasteiger charge is 2.34. The van der Waals surface area contributed by atoms with Crippen molar-refractivity contribution in [2.45, 2.75) is 94.7 Å². The number of aromatic hydroxyl groups is 1. The van der Waals surface area contributed by atoms with Crippen molar-refractivity contribution in [1.29, 1.82) is 0 Å². The number of carboxylic acids is 2. The second-order valence-corrected chi connectivity index (χ2v) is 16.3. The van der Waals surface area contributed by atoms with Crippen molar-refractivity contribution in [3.63, 3.8) is 0 Å². The lowest BCUT2D eigenvalue weighted by Crippen LogP contribution is -2.60. The lowest BCUT2D eigenvalue weighted by Gasteiger charge is -2.27. The molecule has 2 rings (SSSR count). The predicted octanol–water partition coefficient (Wildman–Crippen LogP) is 0.0217. The third-order valence-electron chi connectivity index (χ3n) is 9.13. The van der Waals surface area contributed by atoms with Gasteiger partial charge in [0.2, 0.25) is 35.4 Å². The number of nitrogens with two attached hydrogens (primary N) is 1. The maximum atomic E-state index is 13.8. The number of hydrogen-bond donors (Lipinski definition) is 12. The fourth-order valence-corrected chi connectivity index (χ4v) is 6.77. The fraction of sp³-hybridized carbons (Fsp3) is 0.500. The molecule has 0 unspecified atom stereocenters. The highest BCUT2D eigenvalue weighted by molar-refractivity contribution is 7.98. The molecular formula is C40H57N7O11S3. The van der Waals surface area contributed by atoms with Crippen LogP contribution in [0.25, 0.3) is 0 Å². The number of carbonyl (C=O) groups is 8. The quantitative estimate of drug-likeness (QED) is 0.0528. The van der Waals surface area contributed by atoms with Crippen LogP contribution in [0, 0.1) is 5.92 Å². The molecule has 0 saturated heterocycles. The van der Waals surface area contributed by atoms with Crippen LogP contribution in [-0.4, -0.2) is 129 Å². The third kappa shape index (κ3) is 19.1. The number of rotatable bonds is 27. The molecule has 21 heteroatoms. The van der Waals surface area contributed by atoms with Gasteiger partial charge in [0.1, 0.15) is 42.0 Å². The molecule has 0 heterocycles. The fourth-order valence-electron chi connectivity index (χ4n) is 5.77. The lowest BCUT2D eigenvalue weighted by molar-refractivity contribution is -0.142. The zero-order chi connectivity index (χ0) is 45.6. The van der Waals surface area contributed by atoms with Crippen molar-refractivity contribution in [2.24, 2.45) is 11.7 Å². The second-order valence-electron chi connectivity index (χ2n) is 14.6. The predicted molar refractivity (Wildman–Crippen MR) is 236 cm³/mol. The molecule has 6 amide bonds. The average molecular weight is 908 g/mol. The van der Waals surface area contributed by atoms with Crippen LogP contribution in [0.3, 0.4) is 0 Å². The van der Waals surface area contributed by atoms with E-state index in [9.17, 15) is 53.7 Å². The minimum absolute atomic E-state index is 0.000899. The average Bonchev–Trinajstić information content (AvgIpc) is 3.21. The Morgan fingerprint density at radius 1 is 0.607 bits per heavy atom. The van der Waals surface area contributed by atoms with Gasteiger partial charge in [-0.15, -0.1) is 0 Å². The van der Waals surface area contributed by atoms with E-state index in [0.717, 1.165) is 0 Å². The molecule has 11 N–H and O–H groups in total. The van der Waals surface area contributed by atoms with Gasteiger partial charge in [0.15, 0.2) is 0 Å². The van der Waals surface area contributed by atoms with E-state index in [1.54, 1.807) is 44.2 Å². The van der Waals surface area contributed by atoms with E-state index in [1.165, 1.54) is 36.0 Å². The number of phenols is 1. The molecule has 0 spiro atoms. The van der Waals surface area contributed by atoms with Gasteiger partial charge in [-0.05, 0) is 60.4 Å². The summed E-state index contributed by atoms with van der Waals surface area (Å²) < 4.78 is 0. The van der Waals surface area contributed by atoms with Gasteiger partial charge in [0, 0.05) is 30.8 Å². The maximum absolute atomic E-state index is 13.8. The monoisotopic (exact) mass is 907 g/mol. The van der Waals surface area contributed by atoms with Gasteiger partial charge in [-0.2, -0.15) is 37.0 Å². The van der Waals surface area contributed by atoms with Crippen LogP contribution in [0.5, 0.6) is 5.75 Å². The summed E-state index contributed by atoms with van der Waals surface area (Å²) in [5.74, 6) is -7.71. The number of benzene rings is 2. The van der Waals surface area contributed by atoms with Crippen molar-refractivity contribution >= 4 is 84.4 Å². The maximum Gasteiger partial charge on any atom is 0.326 e. The Hall–Kier alpha value is -4.99. The highest BCUT2D eigenvalue weighted by atomic mass is 32.2. The van der Waals surface area contributed by atoms with Gasteiger partial charge < -0.3 is 53.0 Å². The van der Waals surface area contributed by atoms with Crippen LogP contribution in [0.15, 0.2) is 54.6 Å². The largest absolute Gasteiger partial charge is 0.508 e. The van der Waals surface area contributed by atoms with Gasteiger partial charge in [0.05, 0.1) is 6.04 Å². The topological polar surface area (TPSA) is 295 Å². The van der Waals surface area contributed by atoms with Crippen LogP contribution < -0.4 is 37.6 Å². The molecule has 0 radical (unpaired) electrons. The van der Waals surface area contributed by atoms with E-state index >= 15 is 0 Å². The number of carboxylic acid groups (broad SMARTS) is 2. The molecule has 0 aliphatic heterocycles. The summed E-state index contributed by atoms with van der Waals surface area (Å²) in [5, 5.41) is 43.9. The zero-order valence-corrected chi connectivity index (χ0v) is 36.8. The van der Waals surface area contributed by atoms with Crippen LogP contribution in [0.1, 0.15) is 50.7 Å². The summed E-state index contributed by atoms with van der Waals surface area (Å²) in [6, 6.07) is 5.28. The first-order chi connectivity index (χ1) is 28.9. The molecule has 61 heavy (non-hydrogen) atoms. The number of carbonyl (C=O) groups excluding carboxylic acids is 6. The molecule has 0 aromatic heterocycles. The second kappa shape index (κ2) is 27.1. The Morgan fingerprint density at radius 2 is 1.03 bits per heavy atom. The number of aliphatic carboxylic acids is 2. The van der Waals surface area contributed by atoms with Crippen molar-refractivity contribution in [3.8, 4) is 5.75 Å². The van der Waals surface area contributed by atoms with Gasteiger partial charge in [0.25, 0.3) is 0 Å². The Kier molecular flexibility index (Phi) is 23.1. The summed E-state index contributed by atoms with van der Waals surface area (Å²) in [5.41, 5.74) is 7.19. The Morgan fingerprint density at radius 3 is 1.49 bits per heavy atom. The van der Waals surface area contributed by atoms with E-state index in [-0.39, 0.29) is 42.4 Å². The molecule has 0 saturated carbocycles. The highest BCUT2D eigenvalue weighted by Crippen LogP contribution is 2.13. The molecule has 0 bridgehead atoms. The van der Waals surface area contributed by atoms with Crippen molar-refractivity contribution in [1.82, 2.24) is 31.9 Å². The summed E-state index contributed by atoms with van der Waals surface area (Å²) in [6.45, 7) is 3.56. The molecule has 2 aromatic rings. The van der Waals surface area contributed by atoms with Crippen LogP contribution >= 0.6 is 37.0 Å². The number of thioether (sulfide) groups is 1. The Bertz CT molecular complexity index is 1790. The van der Waals surface area contributed by atoms with E-state index in [0.29, 0.717) is 23.3 Å². The summed E-state index contributed by atoms with van der Waals surface area (Å²) >= 11 is 9.87. The van der Waals surface area contributed by atoms with Gasteiger partial charge in [-0.1, -0.05) is 56.3 Å². The van der Waals surface area contributed by atoms with Crippen LogP contribution in [0.4, 0.5) is 0 Å². The van der Waals surface area contributed by atoms with Crippen LogP contribution in [0.2, 0.25) is 0 Å². The zero-order valence-electron chi connectivity index (χ0n) is 34.2. The number of phenolic OH excluding ortho intramolecular Hbond substituents is 1. The number of amides is 6. The first-order valence-corrected chi connectivity index (χ1v) is 22.1. The number of hydrogen-bond acceptors (Lipinski definition) is 13. The third-order valence-corrected chi connectivity index (χ3v) is 10.5. The normalized spacial score (nSPS) is 14.5. The Labute approximate surface area is 369 Å². The Balaban J connectivity index is 2.34. The molecule has 7 atom stereocenters. The van der Waals surface area contributed by atoms with Crippen molar-refractivity contribution < 1.29 is 53.7 Å². The van der Waals surface area contributed by atoms with Gasteiger partial charge in [-0.25, -0.2) is 4.79 Å². The molecule has 2 aromatic carbocycles. The van der Waals surface area contributed by atoms with Crippen molar-refractivity contribution in [3.05, 3.63) is 65.7 Å². The minimum Gasteiger partial charge on any atom is -0.508 e. The SMILES string of the molecule is CSCC[C@H](N)C(=O)N[C@@H](Cc1ccccc1)C(=O)N[C@@H](CCC(=O)O)C(=O)N[C@@H](CS)C(=O)N[C@@H](Cc1ccc(O)cc1)C(=O)N[C@@H](CS)C(=O)N[C@@H](CC(C)C)C(=O)O. The van der Waals surface area contributed by atoms with E-state index < -0.39 is 103 Å². The van der Waals surface area contributed by atoms with E-state index in [4.69, 9.17) is 5.73 Å². The molecule has 336 valence electrons. The smallest absolute Gasteiger partial charge is 0.326 e. The summed E-state index contributed by atoms with van der Waals surface area (Å²) in [7, 11) is 0. The first kappa shape index (κ1) is 52.1. The van der Waals surface area contributed by atoms with E-state index in [1.807, 2.05) is 6.26 Å². The van der Waals surface area contributed by atoms with Gasteiger partial charge in [-0.3, -0.25) is 33.6 Å². The van der Waals surface area contributed by atoms with Gasteiger partial charge >= 0.3 is 11.9 Å². The van der Waals surface area contributed by atoms with Crippen LogP contribution in [-0.2, 0) is 51.2 Å². The van der Waals surface area contributed by atoms with E-state index in [2.05, 4.69) is 57.2 Å². The molecule has 0 aliphatic carbocycles. The summed E-state index contributed by atoms with van der Waals surface area (Å²) in [4.78, 5) is 105. The first-order valence-electron chi connectivity index (χ1n) is 19.4. The molecule has 0 aliphatic rings.